The lowest BCUT2D eigenvalue weighted by molar-refractivity contribution is -0.125. The van der Waals surface area contributed by atoms with E-state index in [1.165, 1.54) is 4.90 Å². The van der Waals surface area contributed by atoms with Gasteiger partial charge < -0.3 is 10.6 Å². The number of halogens is 1. The number of hydrogen-bond donors (Lipinski definition) is 2. The topological polar surface area (TPSA) is 78.5 Å². The molecule has 1 atom stereocenters. The van der Waals surface area contributed by atoms with Crippen LogP contribution in [0.4, 0.5) is 10.5 Å². The molecule has 0 radical (unpaired) electrons. The number of amides is 3. The summed E-state index contributed by atoms with van der Waals surface area (Å²) in [6.07, 6.45) is 3.16. The average Bonchev–Trinajstić information content (AvgIpc) is 3.22. The lowest BCUT2D eigenvalue weighted by Gasteiger charge is -2.23. The highest BCUT2D eigenvalue weighted by Crippen LogP contribution is 2.58. The number of benzene rings is 1. The molecule has 1 spiro atoms. The first-order valence-electron chi connectivity index (χ1n) is 8.65. The number of carbonyl (C=O) groups is 3. The minimum Gasteiger partial charge on any atom is -0.326 e. The van der Waals surface area contributed by atoms with E-state index in [9.17, 15) is 14.4 Å². The Morgan fingerprint density at radius 3 is 2.54 bits per heavy atom. The van der Waals surface area contributed by atoms with Gasteiger partial charge in [0.2, 0.25) is 11.8 Å². The fourth-order valence-electron chi connectivity index (χ4n) is 3.83. The Hall–Kier alpha value is -1.57. The van der Waals surface area contributed by atoms with Crippen LogP contribution in [-0.4, -0.2) is 40.8 Å². The Bertz CT molecular complexity index is 703. The Labute approximate surface area is 162 Å². The van der Waals surface area contributed by atoms with Crippen LogP contribution in [0.25, 0.3) is 0 Å². The molecule has 8 heteroatoms. The highest BCUT2D eigenvalue weighted by Gasteiger charge is 2.57. The van der Waals surface area contributed by atoms with Gasteiger partial charge in [0.05, 0.1) is 12.3 Å². The van der Waals surface area contributed by atoms with Gasteiger partial charge in [-0.05, 0) is 55.5 Å². The van der Waals surface area contributed by atoms with Crippen LogP contribution in [0.1, 0.15) is 24.8 Å². The van der Waals surface area contributed by atoms with Crippen molar-refractivity contribution in [1.29, 1.82) is 0 Å². The van der Waals surface area contributed by atoms with E-state index in [1.54, 1.807) is 0 Å². The molecular formula is C18H22ClN3O3S. The number of rotatable bonds is 4. The van der Waals surface area contributed by atoms with Gasteiger partial charge in [0.15, 0.2) is 0 Å². The monoisotopic (exact) mass is 395 g/mol. The van der Waals surface area contributed by atoms with Gasteiger partial charge in [-0.2, -0.15) is 0 Å². The lowest BCUT2D eigenvalue weighted by atomic mass is 9.92. The minimum atomic E-state index is -0.191. The number of carbonyl (C=O) groups excluding carboxylic acids is 3. The van der Waals surface area contributed by atoms with Crippen molar-refractivity contribution in [2.45, 2.75) is 25.8 Å². The first-order chi connectivity index (χ1) is 12.1. The van der Waals surface area contributed by atoms with E-state index < -0.39 is 0 Å². The predicted octanol–water partition coefficient (Wildman–Crippen LogP) is 2.63. The predicted molar refractivity (Wildman–Crippen MR) is 103 cm³/mol. The van der Waals surface area contributed by atoms with Crippen LogP contribution in [0.3, 0.4) is 0 Å². The van der Waals surface area contributed by atoms with Crippen molar-refractivity contribution >= 4 is 46.9 Å². The van der Waals surface area contributed by atoms with Gasteiger partial charge in [0.1, 0.15) is 0 Å². The number of thioether (sulfide) groups is 1. The van der Waals surface area contributed by atoms with Crippen LogP contribution in [-0.2, 0) is 16.1 Å². The third-order valence-electron chi connectivity index (χ3n) is 5.51. The van der Waals surface area contributed by atoms with Crippen LogP contribution >= 0.6 is 24.2 Å². The number of anilines is 1. The summed E-state index contributed by atoms with van der Waals surface area (Å²) < 4.78 is 0. The van der Waals surface area contributed by atoms with E-state index in [0.717, 1.165) is 55.4 Å². The molecule has 2 heterocycles. The second-order valence-corrected chi connectivity index (χ2v) is 8.02. The van der Waals surface area contributed by atoms with Crippen molar-refractivity contribution in [3.05, 3.63) is 29.8 Å². The van der Waals surface area contributed by atoms with Gasteiger partial charge in [-0.15, -0.1) is 12.4 Å². The van der Waals surface area contributed by atoms with Crippen LogP contribution in [0.15, 0.2) is 24.3 Å². The van der Waals surface area contributed by atoms with Crippen LogP contribution in [0.5, 0.6) is 0 Å². The molecule has 2 N–H and O–H groups in total. The zero-order chi connectivity index (χ0) is 17.4. The number of nitrogens with zero attached hydrogens (tertiary/aromatic N) is 1. The Morgan fingerprint density at radius 2 is 1.92 bits per heavy atom. The second kappa shape index (κ2) is 7.58. The van der Waals surface area contributed by atoms with E-state index in [1.807, 2.05) is 24.3 Å². The van der Waals surface area contributed by atoms with Crippen molar-refractivity contribution < 1.29 is 14.4 Å². The van der Waals surface area contributed by atoms with Gasteiger partial charge in [0.25, 0.3) is 5.24 Å². The highest BCUT2D eigenvalue weighted by atomic mass is 35.5. The maximum absolute atomic E-state index is 12.5. The average molecular weight is 396 g/mol. The lowest BCUT2D eigenvalue weighted by Crippen LogP contribution is -2.31. The summed E-state index contributed by atoms with van der Waals surface area (Å²) in [4.78, 5) is 37.0. The molecule has 3 amide bonds. The molecule has 3 fully saturated rings. The van der Waals surface area contributed by atoms with E-state index >= 15 is 0 Å². The normalized spacial score (nSPS) is 23.7. The SMILES string of the molecule is Cl.O=C(Nc1ccc(CN2C(=O)CSC2=O)cc1)C1CC12CCNCC2. The Kier molecular flexibility index (Phi) is 5.60. The first kappa shape index (κ1) is 19.2. The van der Waals surface area contributed by atoms with Crippen molar-refractivity contribution in [3.8, 4) is 0 Å². The summed E-state index contributed by atoms with van der Waals surface area (Å²) in [6, 6.07) is 7.38. The van der Waals surface area contributed by atoms with E-state index in [4.69, 9.17) is 0 Å². The van der Waals surface area contributed by atoms with E-state index in [-0.39, 0.29) is 53.1 Å². The molecular weight excluding hydrogens is 374 g/mol. The minimum absolute atomic E-state index is 0. The zero-order valence-electron chi connectivity index (χ0n) is 14.3. The molecule has 0 bridgehead atoms. The molecule has 4 rings (SSSR count). The fourth-order valence-corrected chi connectivity index (χ4v) is 4.56. The molecule has 1 unspecified atom stereocenters. The third-order valence-corrected chi connectivity index (χ3v) is 6.37. The summed E-state index contributed by atoms with van der Waals surface area (Å²) in [6.45, 7) is 2.30. The molecule has 140 valence electrons. The first-order valence-corrected chi connectivity index (χ1v) is 9.64. The number of piperidine rings is 1. The molecule has 1 aromatic rings. The van der Waals surface area contributed by atoms with Gasteiger partial charge in [-0.3, -0.25) is 19.3 Å². The molecule has 1 saturated carbocycles. The van der Waals surface area contributed by atoms with E-state index in [0.29, 0.717) is 0 Å². The molecule has 3 aliphatic rings. The zero-order valence-corrected chi connectivity index (χ0v) is 16.0. The molecule has 0 aromatic heterocycles. The molecule has 2 saturated heterocycles. The fraction of sp³-hybridized carbons (Fsp3) is 0.500. The maximum atomic E-state index is 12.5. The standard InChI is InChI=1S/C18H21N3O3S.ClH/c22-15-11-25-17(24)21(15)10-12-1-3-13(4-2-12)20-16(23)14-9-18(14)5-7-19-8-6-18;/h1-4,14,19H,5-11H2,(H,20,23);1H. The van der Waals surface area contributed by atoms with Gasteiger partial charge >= 0.3 is 0 Å². The van der Waals surface area contributed by atoms with Crippen LogP contribution in [0, 0.1) is 11.3 Å². The van der Waals surface area contributed by atoms with E-state index in [2.05, 4.69) is 10.6 Å². The summed E-state index contributed by atoms with van der Waals surface area (Å²) in [7, 11) is 0. The van der Waals surface area contributed by atoms with Crippen molar-refractivity contribution in [3.63, 3.8) is 0 Å². The van der Waals surface area contributed by atoms with Gasteiger partial charge in [-0.1, -0.05) is 23.9 Å². The van der Waals surface area contributed by atoms with Crippen molar-refractivity contribution in [2.75, 3.05) is 24.2 Å². The Morgan fingerprint density at radius 1 is 1.23 bits per heavy atom. The molecule has 1 aliphatic carbocycles. The number of imide groups is 1. The molecule has 6 nitrogen and oxygen atoms in total. The summed E-state index contributed by atoms with van der Waals surface area (Å²) in [5.41, 5.74) is 1.87. The number of hydrogen-bond acceptors (Lipinski definition) is 5. The summed E-state index contributed by atoms with van der Waals surface area (Å²) in [5, 5.41) is 6.16. The van der Waals surface area contributed by atoms with Crippen LogP contribution in [0.2, 0.25) is 0 Å². The van der Waals surface area contributed by atoms with Gasteiger partial charge in [0, 0.05) is 11.6 Å². The molecule has 2 aliphatic heterocycles. The Balaban J connectivity index is 0.00000196. The molecule has 26 heavy (non-hydrogen) atoms. The largest absolute Gasteiger partial charge is 0.326 e. The highest BCUT2D eigenvalue weighted by molar-refractivity contribution is 8.14. The summed E-state index contributed by atoms with van der Waals surface area (Å²) in [5.74, 6) is 0.321. The second-order valence-electron chi connectivity index (χ2n) is 7.09. The summed E-state index contributed by atoms with van der Waals surface area (Å²) >= 11 is 1.04. The smallest absolute Gasteiger partial charge is 0.289 e. The molecule has 1 aromatic carbocycles. The third kappa shape index (κ3) is 3.75. The number of nitrogens with one attached hydrogen (secondary N) is 2. The van der Waals surface area contributed by atoms with Gasteiger partial charge in [-0.25, -0.2) is 0 Å². The van der Waals surface area contributed by atoms with Crippen LogP contribution < -0.4 is 10.6 Å². The quantitative estimate of drug-likeness (QED) is 0.819. The van der Waals surface area contributed by atoms with Crippen molar-refractivity contribution in [2.24, 2.45) is 11.3 Å². The maximum Gasteiger partial charge on any atom is 0.289 e. The van der Waals surface area contributed by atoms with Crippen molar-refractivity contribution in [1.82, 2.24) is 10.2 Å².